The van der Waals surface area contributed by atoms with Crippen LogP contribution < -0.4 is 0 Å². The zero-order valence-corrected chi connectivity index (χ0v) is 18.4. The summed E-state index contributed by atoms with van der Waals surface area (Å²) in [5.41, 5.74) is 3.49. The normalized spacial score (nSPS) is 19.0. The van der Waals surface area contributed by atoms with Crippen LogP contribution in [-0.2, 0) is 9.59 Å². The number of hydrogen-bond acceptors (Lipinski definition) is 4. The molecule has 0 fully saturated rings. The summed E-state index contributed by atoms with van der Waals surface area (Å²) in [6.45, 7) is 3.07. The summed E-state index contributed by atoms with van der Waals surface area (Å²) in [5.74, 6) is 0.339. The first kappa shape index (κ1) is 22.4. The lowest BCUT2D eigenvalue weighted by Gasteiger charge is -2.31. The topological polar surface area (TPSA) is 74.8 Å². The number of carbonyl (C=O) groups excluding carboxylic acids is 4. The van der Waals surface area contributed by atoms with E-state index in [0.717, 1.165) is 28.7 Å². The number of Topliss-reactive ketones (excluding diaryl/α,β-unsaturated/α-hetero) is 2. The van der Waals surface area contributed by atoms with Crippen LogP contribution in [0.25, 0.3) is 0 Å². The Morgan fingerprint density at radius 2 is 1.19 bits per heavy atom. The zero-order chi connectivity index (χ0) is 22.7. The van der Waals surface area contributed by atoms with Gasteiger partial charge in [-0.15, -0.1) is 0 Å². The number of carbonyl (C=O) groups is 4. The lowest BCUT2D eigenvalue weighted by atomic mass is 9.86. The van der Waals surface area contributed by atoms with E-state index in [9.17, 15) is 19.2 Å². The van der Waals surface area contributed by atoms with E-state index in [4.69, 9.17) is 0 Å². The van der Waals surface area contributed by atoms with Gasteiger partial charge in [-0.25, -0.2) is 0 Å². The van der Waals surface area contributed by atoms with Gasteiger partial charge < -0.3 is 9.80 Å². The number of amides is 2. The molecule has 31 heavy (non-hydrogen) atoms. The van der Waals surface area contributed by atoms with Gasteiger partial charge in [-0.2, -0.15) is 0 Å². The van der Waals surface area contributed by atoms with Crippen molar-refractivity contribution in [3.05, 3.63) is 70.8 Å². The fourth-order valence-corrected chi connectivity index (χ4v) is 4.22. The molecule has 2 unspecified atom stereocenters. The van der Waals surface area contributed by atoms with Gasteiger partial charge >= 0.3 is 0 Å². The van der Waals surface area contributed by atoms with Gasteiger partial charge in [0, 0.05) is 51.9 Å². The van der Waals surface area contributed by atoms with Gasteiger partial charge in [0.2, 0.25) is 11.8 Å². The maximum atomic E-state index is 11.7. The first-order valence-electron chi connectivity index (χ1n) is 10.4. The minimum Gasteiger partial charge on any atom is -0.339 e. The summed E-state index contributed by atoms with van der Waals surface area (Å²) in [6.07, 6.45) is 1.67. The first-order valence-corrected chi connectivity index (χ1v) is 10.4. The van der Waals surface area contributed by atoms with E-state index in [0.29, 0.717) is 12.8 Å². The molecule has 0 saturated heterocycles. The van der Waals surface area contributed by atoms with Crippen LogP contribution in [0.2, 0.25) is 0 Å². The summed E-state index contributed by atoms with van der Waals surface area (Å²) in [4.78, 5) is 49.4. The van der Waals surface area contributed by atoms with Crippen LogP contribution in [0.15, 0.2) is 48.5 Å². The molecule has 0 N–H and O–H groups in total. The summed E-state index contributed by atoms with van der Waals surface area (Å²) >= 11 is 0. The van der Waals surface area contributed by atoms with Crippen molar-refractivity contribution in [2.45, 2.75) is 45.2 Å². The van der Waals surface area contributed by atoms with Crippen molar-refractivity contribution < 1.29 is 19.2 Å². The second-order valence-electron chi connectivity index (χ2n) is 8.06. The number of rotatable bonds is 2. The number of fused-ring (bicyclic) bond motifs is 2. The highest BCUT2D eigenvalue weighted by atomic mass is 16.2. The summed E-state index contributed by atoms with van der Waals surface area (Å²) in [7, 11) is 3.53. The quantitative estimate of drug-likeness (QED) is 0.737. The fraction of sp³-hybridized carbons (Fsp3) is 0.360. The van der Waals surface area contributed by atoms with Gasteiger partial charge in [0.05, 0.1) is 12.1 Å². The number of benzene rings is 2. The van der Waals surface area contributed by atoms with E-state index in [-0.39, 0.29) is 35.5 Å². The largest absolute Gasteiger partial charge is 0.339 e. The summed E-state index contributed by atoms with van der Waals surface area (Å²) < 4.78 is 0. The van der Waals surface area contributed by atoms with Crippen LogP contribution in [0.3, 0.4) is 0 Å². The van der Waals surface area contributed by atoms with Gasteiger partial charge in [0.1, 0.15) is 0 Å². The van der Waals surface area contributed by atoms with Crippen LogP contribution in [0.5, 0.6) is 0 Å². The summed E-state index contributed by atoms with van der Waals surface area (Å²) in [5, 5.41) is 0. The predicted octanol–water partition coefficient (Wildman–Crippen LogP) is 3.97. The Labute approximate surface area is 182 Å². The van der Waals surface area contributed by atoms with E-state index < -0.39 is 0 Å². The summed E-state index contributed by atoms with van der Waals surface area (Å²) in [6, 6.07) is 15.0. The molecular formula is C25H28N2O4. The van der Waals surface area contributed by atoms with Crippen LogP contribution in [0.4, 0.5) is 0 Å². The molecule has 2 aromatic rings. The zero-order valence-electron chi connectivity index (χ0n) is 18.4. The van der Waals surface area contributed by atoms with E-state index in [2.05, 4.69) is 0 Å². The molecule has 4 rings (SSSR count). The van der Waals surface area contributed by atoms with Gasteiger partial charge in [0.15, 0.2) is 11.6 Å². The average molecular weight is 421 g/mol. The molecule has 0 saturated carbocycles. The highest BCUT2D eigenvalue weighted by molar-refractivity contribution is 6.01. The smallest absolute Gasteiger partial charge is 0.219 e. The minimum atomic E-state index is -0.0776. The first-order chi connectivity index (χ1) is 14.7. The van der Waals surface area contributed by atoms with Crippen LogP contribution in [0.1, 0.15) is 77.0 Å². The molecule has 0 aliphatic heterocycles. The molecule has 0 aromatic heterocycles. The molecule has 6 nitrogen and oxygen atoms in total. The van der Waals surface area contributed by atoms with E-state index in [1.54, 1.807) is 30.8 Å². The van der Waals surface area contributed by atoms with Crippen LogP contribution in [0, 0.1) is 0 Å². The Kier molecular flexibility index (Phi) is 6.68. The van der Waals surface area contributed by atoms with Crippen molar-refractivity contribution in [1.82, 2.24) is 9.80 Å². The van der Waals surface area contributed by atoms with Crippen molar-refractivity contribution in [1.29, 1.82) is 0 Å². The Bertz CT molecular complexity index is 1030. The van der Waals surface area contributed by atoms with Crippen molar-refractivity contribution in [2.24, 2.45) is 0 Å². The number of ketones is 2. The van der Waals surface area contributed by atoms with Gasteiger partial charge in [-0.3, -0.25) is 19.2 Å². The molecule has 2 amide bonds. The third kappa shape index (κ3) is 4.58. The standard InChI is InChI=1S/C13H15NO2.C12H13NO2/c1-9(15)14(2)12-7-8-13(16)11-6-4-3-5-10(11)12;1-8(14)13(2)11-7-12(15)10-6-4-3-5-9(10)11/h3-6,12H,7-8H2,1-2H3;3-6,11H,7H2,1-2H3. The second kappa shape index (κ2) is 9.25. The maximum absolute atomic E-state index is 11.7. The minimum absolute atomic E-state index is 0.00972. The highest BCUT2D eigenvalue weighted by Crippen LogP contribution is 2.35. The monoisotopic (exact) mass is 420 g/mol. The average Bonchev–Trinajstić information content (AvgIpc) is 3.10. The molecular weight excluding hydrogens is 392 g/mol. The molecule has 2 atom stereocenters. The Balaban J connectivity index is 0.000000176. The number of nitrogens with zero attached hydrogens (tertiary/aromatic N) is 2. The van der Waals surface area contributed by atoms with Crippen molar-refractivity contribution in [2.75, 3.05) is 14.1 Å². The Morgan fingerprint density at radius 3 is 1.74 bits per heavy atom. The molecule has 2 aliphatic rings. The van der Waals surface area contributed by atoms with E-state index >= 15 is 0 Å². The van der Waals surface area contributed by atoms with E-state index in [1.165, 1.54) is 6.92 Å². The fourth-order valence-electron chi connectivity index (χ4n) is 4.22. The molecule has 0 radical (unpaired) electrons. The third-order valence-corrected chi connectivity index (χ3v) is 6.19. The van der Waals surface area contributed by atoms with Crippen molar-refractivity contribution >= 4 is 23.4 Å². The van der Waals surface area contributed by atoms with Crippen molar-refractivity contribution in [3.63, 3.8) is 0 Å². The molecule has 6 heteroatoms. The van der Waals surface area contributed by atoms with Crippen LogP contribution in [-0.4, -0.2) is 47.3 Å². The van der Waals surface area contributed by atoms with E-state index in [1.807, 2.05) is 48.5 Å². The molecule has 0 spiro atoms. The second-order valence-corrected chi connectivity index (χ2v) is 8.06. The predicted molar refractivity (Wildman–Crippen MR) is 118 cm³/mol. The van der Waals surface area contributed by atoms with Crippen LogP contribution >= 0.6 is 0 Å². The molecule has 2 aliphatic carbocycles. The Hall–Kier alpha value is -3.28. The molecule has 162 valence electrons. The third-order valence-electron chi connectivity index (χ3n) is 6.19. The van der Waals surface area contributed by atoms with Gasteiger partial charge in [-0.1, -0.05) is 48.5 Å². The maximum Gasteiger partial charge on any atom is 0.219 e. The number of hydrogen-bond donors (Lipinski definition) is 0. The van der Waals surface area contributed by atoms with Gasteiger partial charge in [-0.05, 0) is 17.5 Å². The lowest BCUT2D eigenvalue weighted by molar-refractivity contribution is -0.130. The molecule has 0 heterocycles. The van der Waals surface area contributed by atoms with Gasteiger partial charge in [0.25, 0.3) is 0 Å². The highest BCUT2D eigenvalue weighted by Gasteiger charge is 2.32. The lowest BCUT2D eigenvalue weighted by Crippen LogP contribution is -2.32. The Morgan fingerprint density at radius 1 is 0.742 bits per heavy atom. The van der Waals surface area contributed by atoms with Crippen molar-refractivity contribution in [3.8, 4) is 0 Å². The SMILES string of the molecule is CC(=O)N(C)C1CC(=O)c2ccccc21.CC(=O)N(C)C1CCC(=O)c2ccccc21. The molecule has 2 aromatic carbocycles. The molecule has 0 bridgehead atoms.